The second kappa shape index (κ2) is 8.97. The van der Waals surface area contributed by atoms with Crippen molar-refractivity contribution in [2.45, 2.75) is 86.1 Å². The van der Waals surface area contributed by atoms with E-state index in [1.54, 1.807) is 0 Å². The van der Waals surface area contributed by atoms with E-state index in [1.807, 2.05) is 0 Å². The molecule has 0 saturated carbocycles. The van der Waals surface area contributed by atoms with Gasteiger partial charge in [-0.15, -0.1) is 0 Å². The minimum atomic E-state index is 0.472. The first-order valence-corrected chi connectivity index (χ1v) is 7.62. The van der Waals surface area contributed by atoms with Crippen molar-refractivity contribution in [1.82, 2.24) is 5.32 Å². The topological polar surface area (TPSA) is 12.0 Å². The van der Waals surface area contributed by atoms with Crippen molar-refractivity contribution in [3.63, 3.8) is 0 Å². The summed E-state index contributed by atoms with van der Waals surface area (Å²) in [6, 6.07) is 0.732. The third-order valence-corrected chi connectivity index (χ3v) is 3.39. The average molecular weight is 241 g/mol. The zero-order valence-electron chi connectivity index (χ0n) is 13.1. The van der Waals surface area contributed by atoms with Crippen molar-refractivity contribution >= 4 is 0 Å². The van der Waals surface area contributed by atoms with Crippen molar-refractivity contribution in [1.29, 1.82) is 0 Å². The van der Waals surface area contributed by atoms with Gasteiger partial charge in [0.15, 0.2) is 0 Å². The summed E-state index contributed by atoms with van der Waals surface area (Å²) in [5.74, 6) is 0.870. The molecule has 0 bridgehead atoms. The fourth-order valence-electron chi connectivity index (χ4n) is 2.36. The van der Waals surface area contributed by atoms with E-state index < -0.39 is 0 Å². The van der Waals surface area contributed by atoms with Crippen LogP contribution in [0.1, 0.15) is 80.1 Å². The molecule has 0 aromatic rings. The van der Waals surface area contributed by atoms with Crippen LogP contribution in [0.4, 0.5) is 0 Å². The van der Waals surface area contributed by atoms with E-state index in [2.05, 4.69) is 46.9 Å². The Kier molecular flexibility index (Phi) is 8.94. The van der Waals surface area contributed by atoms with Gasteiger partial charge in [0, 0.05) is 6.04 Å². The van der Waals surface area contributed by atoms with Crippen LogP contribution in [0.3, 0.4) is 0 Å². The van der Waals surface area contributed by atoms with Gasteiger partial charge in [-0.3, -0.25) is 0 Å². The van der Waals surface area contributed by atoms with Gasteiger partial charge in [-0.1, -0.05) is 54.4 Å². The highest BCUT2D eigenvalue weighted by Gasteiger charge is 2.16. The van der Waals surface area contributed by atoms with E-state index in [9.17, 15) is 0 Å². The van der Waals surface area contributed by atoms with E-state index in [4.69, 9.17) is 0 Å². The molecular formula is C16H35N. The Balaban J connectivity index is 4.04. The Labute approximate surface area is 110 Å². The van der Waals surface area contributed by atoms with Crippen molar-refractivity contribution in [2.75, 3.05) is 6.54 Å². The largest absolute Gasteiger partial charge is 0.314 e. The quantitative estimate of drug-likeness (QED) is 0.598. The molecular weight excluding hydrogens is 206 g/mol. The highest BCUT2D eigenvalue weighted by atomic mass is 14.9. The first-order valence-electron chi connectivity index (χ1n) is 7.62. The summed E-state index contributed by atoms with van der Waals surface area (Å²) in [6.45, 7) is 15.2. The Bertz CT molecular complexity index is 169. The van der Waals surface area contributed by atoms with E-state index in [0.29, 0.717) is 5.41 Å². The maximum Gasteiger partial charge on any atom is 0.00697 e. The van der Waals surface area contributed by atoms with Crippen LogP contribution in [0.2, 0.25) is 0 Å². The lowest BCUT2D eigenvalue weighted by molar-refractivity contribution is 0.299. The molecule has 17 heavy (non-hydrogen) atoms. The number of hydrogen-bond acceptors (Lipinski definition) is 1. The lowest BCUT2D eigenvalue weighted by Crippen LogP contribution is -2.32. The molecule has 2 unspecified atom stereocenters. The van der Waals surface area contributed by atoms with Gasteiger partial charge in [0.1, 0.15) is 0 Å². The zero-order chi connectivity index (χ0) is 13.3. The number of hydrogen-bond donors (Lipinski definition) is 1. The smallest absolute Gasteiger partial charge is 0.00697 e. The molecule has 0 aliphatic rings. The van der Waals surface area contributed by atoms with Crippen LogP contribution in [-0.2, 0) is 0 Å². The molecule has 1 nitrogen and oxygen atoms in total. The lowest BCUT2D eigenvalue weighted by atomic mass is 9.86. The van der Waals surface area contributed by atoms with E-state index >= 15 is 0 Å². The van der Waals surface area contributed by atoms with Crippen molar-refractivity contribution in [3.05, 3.63) is 0 Å². The highest BCUT2D eigenvalue weighted by Crippen LogP contribution is 2.24. The predicted octanol–water partition coefficient (Wildman–Crippen LogP) is 5.01. The summed E-state index contributed by atoms with van der Waals surface area (Å²) in [5, 5.41) is 3.73. The minimum absolute atomic E-state index is 0.472. The molecule has 0 radical (unpaired) electrons. The fourth-order valence-corrected chi connectivity index (χ4v) is 2.36. The summed E-state index contributed by atoms with van der Waals surface area (Å²) in [6.07, 6.45) is 7.95. The van der Waals surface area contributed by atoms with Gasteiger partial charge in [-0.25, -0.2) is 0 Å². The van der Waals surface area contributed by atoms with Crippen LogP contribution in [-0.4, -0.2) is 12.6 Å². The van der Waals surface area contributed by atoms with E-state index in [0.717, 1.165) is 12.0 Å². The SMILES string of the molecule is CCCNC(CCC(C)(C)C)CC(C)CCC. The van der Waals surface area contributed by atoms with Crippen LogP contribution in [0.15, 0.2) is 0 Å². The van der Waals surface area contributed by atoms with Gasteiger partial charge < -0.3 is 5.32 Å². The van der Waals surface area contributed by atoms with Gasteiger partial charge in [-0.05, 0) is 43.6 Å². The number of rotatable bonds is 9. The first kappa shape index (κ1) is 17.0. The van der Waals surface area contributed by atoms with Crippen molar-refractivity contribution < 1.29 is 0 Å². The van der Waals surface area contributed by atoms with Crippen LogP contribution < -0.4 is 5.32 Å². The lowest BCUT2D eigenvalue weighted by Gasteiger charge is -2.26. The predicted molar refractivity (Wildman–Crippen MR) is 79.5 cm³/mol. The maximum absolute atomic E-state index is 3.73. The molecule has 0 spiro atoms. The van der Waals surface area contributed by atoms with Crippen LogP contribution in [0, 0.1) is 11.3 Å². The van der Waals surface area contributed by atoms with E-state index in [1.165, 1.54) is 45.1 Å². The van der Waals surface area contributed by atoms with Crippen LogP contribution in [0.5, 0.6) is 0 Å². The number of nitrogens with one attached hydrogen (secondary N) is 1. The first-order chi connectivity index (χ1) is 7.89. The third-order valence-electron chi connectivity index (χ3n) is 3.39. The molecule has 0 amide bonds. The van der Waals surface area contributed by atoms with Gasteiger partial charge in [0.2, 0.25) is 0 Å². The summed E-state index contributed by atoms with van der Waals surface area (Å²) in [7, 11) is 0. The molecule has 0 aliphatic heterocycles. The highest BCUT2D eigenvalue weighted by molar-refractivity contribution is 4.73. The molecule has 104 valence electrons. The Morgan fingerprint density at radius 1 is 1.00 bits per heavy atom. The molecule has 1 heteroatoms. The Hall–Kier alpha value is -0.0400. The average Bonchev–Trinajstić information content (AvgIpc) is 2.21. The fraction of sp³-hybridized carbons (Fsp3) is 1.00. The molecule has 0 aromatic heterocycles. The molecule has 0 aliphatic carbocycles. The monoisotopic (exact) mass is 241 g/mol. The molecule has 1 N–H and O–H groups in total. The molecule has 2 atom stereocenters. The van der Waals surface area contributed by atoms with Gasteiger partial charge in [-0.2, -0.15) is 0 Å². The third kappa shape index (κ3) is 10.8. The van der Waals surface area contributed by atoms with Crippen molar-refractivity contribution in [2.24, 2.45) is 11.3 Å². The molecule has 0 aromatic carbocycles. The summed E-state index contributed by atoms with van der Waals surface area (Å²) >= 11 is 0. The second-order valence-electron chi connectivity index (χ2n) is 6.88. The normalized spacial score (nSPS) is 15.9. The van der Waals surface area contributed by atoms with Crippen LogP contribution >= 0.6 is 0 Å². The molecule has 0 fully saturated rings. The van der Waals surface area contributed by atoms with Gasteiger partial charge in [0.25, 0.3) is 0 Å². The second-order valence-corrected chi connectivity index (χ2v) is 6.88. The van der Waals surface area contributed by atoms with Gasteiger partial charge in [0.05, 0.1) is 0 Å². The minimum Gasteiger partial charge on any atom is -0.314 e. The van der Waals surface area contributed by atoms with Crippen molar-refractivity contribution in [3.8, 4) is 0 Å². The van der Waals surface area contributed by atoms with Gasteiger partial charge >= 0.3 is 0 Å². The summed E-state index contributed by atoms with van der Waals surface area (Å²) in [4.78, 5) is 0. The Morgan fingerprint density at radius 2 is 1.65 bits per heavy atom. The molecule has 0 heterocycles. The molecule has 0 rings (SSSR count). The zero-order valence-corrected chi connectivity index (χ0v) is 13.1. The molecule has 0 saturated heterocycles. The Morgan fingerprint density at radius 3 is 2.12 bits per heavy atom. The van der Waals surface area contributed by atoms with Crippen LogP contribution in [0.25, 0.3) is 0 Å². The van der Waals surface area contributed by atoms with E-state index in [-0.39, 0.29) is 0 Å². The summed E-state index contributed by atoms with van der Waals surface area (Å²) in [5.41, 5.74) is 0.472. The standard InChI is InChI=1S/C16H35N/c1-7-9-14(3)13-15(17-12-8-2)10-11-16(4,5)6/h14-15,17H,7-13H2,1-6H3. The summed E-state index contributed by atoms with van der Waals surface area (Å²) < 4.78 is 0. The maximum atomic E-state index is 3.73.